The zero-order chi connectivity index (χ0) is 27.9. The van der Waals surface area contributed by atoms with Gasteiger partial charge >= 0.3 is 0 Å². The molecule has 0 saturated carbocycles. The summed E-state index contributed by atoms with van der Waals surface area (Å²) in [7, 11) is 0. The van der Waals surface area contributed by atoms with Crippen molar-refractivity contribution < 1.29 is 4.79 Å². The van der Waals surface area contributed by atoms with Crippen molar-refractivity contribution in [2.24, 2.45) is 0 Å². The van der Waals surface area contributed by atoms with Crippen LogP contribution >= 0.6 is 0 Å². The third-order valence-electron chi connectivity index (χ3n) is 7.73. The Labute approximate surface area is 235 Å². The number of likely N-dealkylation sites (tertiary alicyclic amines) is 1. The lowest BCUT2D eigenvalue weighted by Gasteiger charge is -2.23. The molecule has 1 fully saturated rings. The minimum Gasteiger partial charge on any atom is -0.322 e. The van der Waals surface area contributed by atoms with E-state index in [-0.39, 0.29) is 11.3 Å². The minimum atomic E-state index is -0.0931. The predicted octanol–water partition coefficient (Wildman–Crippen LogP) is 6.64. The van der Waals surface area contributed by atoms with Gasteiger partial charge in [-0.1, -0.05) is 32.9 Å². The van der Waals surface area contributed by atoms with Gasteiger partial charge < -0.3 is 5.32 Å². The molecule has 7 nitrogen and oxygen atoms in total. The molecular weight excluding hydrogens is 496 g/mol. The molecule has 1 aliphatic heterocycles. The number of benzene rings is 2. The van der Waals surface area contributed by atoms with Crippen LogP contribution in [-0.2, 0) is 12.0 Å². The summed E-state index contributed by atoms with van der Waals surface area (Å²) in [5.74, 6) is -0.0931. The second-order valence-electron chi connectivity index (χ2n) is 11.8. The summed E-state index contributed by atoms with van der Waals surface area (Å²) in [6.07, 6.45) is 10.0. The van der Waals surface area contributed by atoms with Gasteiger partial charge in [0.1, 0.15) is 5.65 Å². The summed E-state index contributed by atoms with van der Waals surface area (Å²) in [5, 5.41) is 7.89. The van der Waals surface area contributed by atoms with Crippen molar-refractivity contribution in [1.82, 2.24) is 24.1 Å². The molecule has 5 aromatic rings. The average Bonchev–Trinajstić information content (AvgIpc) is 3.68. The summed E-state index contributed by atoms with van der Waals surface area (Å²) in [4.78, 5) is 20.3. The SMILES string of the molecule is Cc1ccc(NC(=O)c2cc(CN3CCCC3)cc(C(C)(C)C)c2)cc1-n1ccn2nc(-c3cccnc3)cc12. The second kappa shape index (κ2) is 10.4. The lowest BCUT2D eigenvalue weighted by atomic mass is 9.85. The first-order valence-electron chi connectivity index (χ1n) is 14.0. The zero-order valence-corrected chi connectivity index (χ0v) is 23.7. The number of carbonyl (C=O) groups is 1. The van der Waals surface area contributed by atoms with Crippen LogP contribution in [0.4, 0.5) is 5.69 Å². The standard InChI is InChI=1S/C33H36N6O/c1-23-9-10-28(19-30(23)38-14-15-39-31(38)20-29(36-39)25-8-7-11-34-21-25)35-32(40)26-16-24(22-37-12-5-6-13-37)17-27(18-26)33(2,3)4/h7-11,14-21H,5-6,12-13,22H2,1-4H3,(H,35,40). The van der Waals surface area contributed by atoms with Crippen molar-refractivity contribution in [2.45, 2.75) is 52.5 Å². The molecular formula is C33H36N6O. The molecule has 1 N–H and O–H groups in total. The molecule has 6 rings (SSSR count). The van der Waals surface area contributed by atoms with Gasteiger partial charge in [0.2, 0.25) is 0 Å². The van der Waals surface area contributed by atoms with Gasteiger partial charge in [0.15, 0.2) is 0 Å². The number of nitrogens with one attached hydrogen (secondary N) is 1. The van der Waals surface area contributed by atoms with E-state index in [9.17, 15) is 4.79 Å². The largest absolute Gasteiger partial charge is 0.322 e. The van der Waals surface area contributed by atoms with E-state index in [4.69, 9.17) is 5.10 Å². The van der Waals surface area contributed by atoms with Crippen molar-refractivity contribution in [1.29, 1.82) is 0 Å². The number of aromatic nitrogens is 4. The Balaban J connectivity index is 1.29. The van der Waals surface area contributed by atoms with Gasteiger partial charge in [0, 0.05) is 54.2 Å². The van der Waals surface area contributed by atoms with Crippen molar-refractivity contribution in [3.05, 3.63) is 102 Å². The van der Waals surface area contributed by atoms with Crippen LogP contribution in [0.25, 0.3) is 22.6 Å². The highest BCUT2D eigenvalue weighted by atomic mass is 16.1. The maximum Gasteiger partial charge on any atom is 0.255 e. The molecule has 0 bridgehead atoms. The Morgan fingerprint density at radius 2 is 1.82 bits per heavy atom. The van der Waals surface area contributed by atoms with Gasteiger partial charge in [-0.3, -0.25) is 19.2 Å². The monoisotopic (exact) mass is 532 g/mol. The van der Waals surface area contributed by atoms with Gasteiger partial charge in [-0.2, -0.15) is 5.10 Å². The molecule has 4 heterocycles. The summed E-state index contributed by atoms with van der Waals surface area (Å²) in [6.45, 7) is 11.8. The van der Waals surface area contributed by atoms with E-state index in [1.54, 1.807) is 6.20 Å². The molecule has 40 heavy (non-hydrogen) atoms. The average molecular weight is 533 g/mol. The number of hydrogen-bond acceptors (Lipinski definition) is 4. The van der Waals surface area contributed by atoms with Crippen molar-refractivity contribution in [3.63, 3.8) is 0 Å². The van der Waals surface area contributed by atoms with E-state index in [2.05, 4.69) is 65.7 Å². The van der Waals surface area contributed by atoms with Gasteiger partial charge in [-0.25, -0.2) is 4.52 Å². The first kappa shape index (κ1) is 26.0. The smallest absolute Gasteiger partial charge is 0.255 e. The number of anilines is 1. The van der Waals surface area contributed by atoms with Crippen LogP contribution in [0.2, 0.25) is 0 Å². The maximum absolute atomic E-state index is 13.6. The van der Waals surface area contributed by atoms with Crippen molar-refractivity contribution in [3.8, 4) is 16.9 Å². The van der Waals surface area contributed by atoms with E-state index in [1.165, 1.54) is 24.0 Å². The highest BCUT2D eigenvalue weighted by molar-refractivity contribution is 6.04. The van der Waals surface area contributed by atoms with E-state index < -0.39 is 0 Å². The predicted molar refractivity (Wildman–Crippen MR) is 160 cm³/mol. The van der Waals surface area contributed by atoms with Crippen LogP contribution in [0.5, 0.6) is 0 Å². The molecule has 0 spiro atoms. The highest BCUT2D eigenvalue weighted by Crippen LogP contribution is 2.28. The number of pyridine rings is 1. The Kier molecular flexibility index (Phi) is 6.76. The van der Waals surface area contributed by atoms with Gasteiger partial charge in [-0.05, 0) is 91.4 Å². The molecule has 204 valence electrons. The van der Waals surface area contributed by atoms with Gasteiger partial charge in [0.05, 0.1) is 11.4 Å². The van der Waals surface area contributed by atoms with E-state index in [0.29, 0.717) is 5.56 Å². The number of carbonyl (C=O) groups excluding carboxylic acids is 1. The van der Waals surface area contributed by atoms with Crippen LogP contribution < -0.4 is 5.32 Å². The molecule has 1 saturated heterocycles. The number of nitrogens with zero attached hydrogens (tertiary/aromatic N) is 5. The van der Waals surface area contributed by atoms with Crippen LogP contribution in [0.3, 0.4) is 0 Å². The number of amides is 1. The number of hydrogen-bond donors (Lipinski definition) is 1. The minimum absolute atomic E-state index is 0.0488. The molecule has 3 aromatic heterocycles. The zero-order valence-electron chi connectivity index (χ0n) is 23.7. The van der Waals surface area contributed by atoms with E-state index >= 15 is 0 Å². The molecule has 0 unspecified atom stereocenters. The van der Waals surface area contributed by atoms with E-state index in [1.807, 2.05) is 59.5 Å². The second-order valence-corrected chi connectivity index (χ2v) is 11.8. The van der Waals surface area contributed by atoms with Crippen LogP contribution in [0.1, 0.15) is 60.7 Å². The molecule has 1 amide bonds. The molecule has 7 heteroatoms. The number of aryl methyl sites for hydroxylation is 1. The fraction of sp³-hybridized carbons (Fsp3) is 0.303. The normalized spacial score (nSPS) is 14.2. The van der Waals surface area contributed by atoms with Crippen molar-refractivity contribution in [2.75, 3.05) is 18.4 Å². The Hall–Kier alpha value is -4.23. The van der Waals surface area contributed by atoms with Crippen LogP contribution in [0, 0.1) is 6.92 Å². The van der Waals surface area contributed by atoms with Crippen molar-refractivity contribution >= 4 is 17.2 Å². The van der Waals surface area contributed by atoms with Gasteiger partial charge in [0.25, 0.3) is 5.91 Å². The Morgan fingerprint density at radius 1 is 1.00 bits per heavy atom. The summed E-state index contributed by atoms with van der Waals surface area (Å²) in [6, 6.07) is 18.4. The number of fused-ring (bicyclic) bond motifs is 1. The van der Waals surface area contributed by atoms with Crippen LogP contribution in [0.15, 0.2) is 79.4 Å². The fourth-order valence-corrected chi connectivity index (χ4v) is 5.44. The molecule has 0 radical (unpaired) electrons. The van der Waals surface area contributed by atoms with Gasteiger partial charge in [-0.15, -0.1) is 0 Å². The molecule has 1 aliphatic rings. The summed E-state index contributed by atoms with van der Waals surface area (Å²) < 4.78 is 3.97. The first-order valence-corrected chi connectivity index (χ1v) is 14.0. The number of rotatable bonds is 6. The highest BCUT2D eigenvalue weighted by Gasteiger charge is 2.20. The maximum atomic E-state index is 13.6. The first-order chi connectivity index (χ1) is 19.2. The summed E-state index contributed by atoms with van der Waals surface area (Å²) >= 11 is 0. The fourth-order valence-electron chi connectivity index (χ4n) is 5.44. The molecule has 0 aliphatic carbocycles. The quantitative estimate of drug-likeness (QED) is 0.266. The van der Waals surface area contributed by atoms with E-state index in [0.717, 1.165) is 53.5 Å². The Morgan fingerprint density at radius 3 is 2.58 bits per heavy atom. The number of imidazole rings is 1. The summed E-state index contributed by atoms with van der Waals surface area (Å²) in [5.41, 5.74) is 8.65. The Bertz CT molecular complexity index is 1670. The third kappa shape index (κ3) is 5.29. The topological polar surface area (TPSA) is 67.5 Å². The molecule has 0 atom stereocenters. The molecule has 2 aromatic carbocycles. The lowest BCUT2D eigenvalue weighted by molar-refractivity contribution is 0.102. The lowest BCUT2D eigenvalue weighted by Crippen LogP contribution is -2.21. The third-order valence-corrected chi connectivity index (χ3v) is 7.73. The van der Waals surface area contributed by atoms with Crippen LogP contribution in [-0.4, -0.2) is 43.1 Å².